The van der Waals surface area contributed by atoms with E-state index in [-0.39, 0.29) is 73.2 Å². The van der Waals surface area contributed by atoms with E-state index >= 15 is 0 Å². The van der Waals surface area contributed by atoms with E-state index in [1.54, 1.807) is 41.6 Å². The van der Waals surface area contributed by atoms with Crippen LogP contribution >= 0.6 is 30.3 Å². The van der Waals surface area contributed by atoms with E-state index in [0.717, 1.165) is 41.9 Å². The largest absolute Gasteiger partial charge is 0.399 e. The zero-order valence-corrected chi connectivity index (χ0v) is 46.7. The van der Waals surface area contributed by atoms with E-state index in [0.29, 0.717) is 78.4 Å². The van der Waals surface area contributed by atoms with Crippen LogP contribution in [0, 0.1) is 17.8 Å². The maximum atomic E-state index is 14.6. The SMILES string of the molecule is CN1CC[C@H]2CC[C@@H](C(=O)NC(CCC(N)=O)C(=O)NC(C(=O)N3CCC(CCCC#Cc4cccc5c4CN(C4CCC(=O)NC4=O)C5=O)CC3)c3cccs3)N2C(=O)[C@@H](NC(=O)c2cc3cc(C(F)(F)P(=O)(O)O)ccc3s2)C1. The van der Waals surface area contributed by atoms with Gasteiger partial charge in [0, 0.05) is 77.8 Å². The molecule has 0 saturated carbocycles. The minimum Gasteiger partial charge on any atom is -0.370 e. The molecule has 8 N–H and O–H groups in total. The molecular formula is C55H62F2N9O12PS2. The van der Waals surface area contributed by atoms with E-state index < -0.39 is 90.5 Å². The monoisotopic (exact) mass is 1170 g/mol. The summed E-state index contributed by atoms with van der Waals surface area (Å²) in [5.41, 5.74) is 2.11. The van der Waals surface area contributed by atoms with Crippen LogP contribution in [0.2, 0.25) is 0 Å². The third kappa shape index (κ3) is 13.1. The number of hydrogen-bond acceptors (Lipinski definition) is 13. The van der Waals surface area contributed by atoms with Crippen LogP contribution in [0.4, 0.5) is 8.78 Å². The van der Waals surface area contributed by atoms with E-state index in [4.69, 9.17) is 5.73 Å². The number of benzene rings is 2. The molecule has 7 heterocycles. The Labute approximate surface area is 472 Å². The molecule has 81 heavy (non-hydrogen) atoms. The molecule has 2 aromatic heterocycles. The van der Waals surface area contributed by atoms with Crippen molar-refractivity contribution in [1.82, 2.24) is 40.9 Å². The molecule has 3 unspecified atom stereocenters. The summed E-state index contributed by atoms with van der Waals surface area (Å²) in [7, 11) is -4.09. The molecule has 5 aliphatic rings. The summed E-state index contributed by atoms with van der Waals surface area (Å²) in [4.78, 5) is 147. The van der Waals surface area contributed by atoms with E-state index in [1.165, 1.54) is 33.3 Å². The number of nitrogens with one attached hydrogen (secondary N) is 4. The number of hydrogen-bond donors (Lipinski definition) is 7. The third-order valence-electron chi connectivity index (χ3n) is 15.8. The van der Waals surface area contributed by atoms with Crippen LogP contribution in [0.1, 0.15) is 125 Å². The lowest BCUT2D eigenvalue weighted by Gasteiger charge is -2.38. The summed E-state index contributed by atoms with van der Waals surface area (Å²) >= 11 is 2.19. The highest BCUT2D eigenvalue weighted by atomic mass is 32.1. The summed E-state index contributed by atoms with van der Waals surface area (Å²) < 4.78 is 41.0. The van der Waals surface area contributed by atoms with Crippen LogP contribution in [0.3, 0.4) is 0 Å². The molecule has 4 aromatic rings. The number of likely N-dealkylation sites (tertiary alicyclic amines) is 1. The lowest BCUT2D eigenvalue weighted by molar-refractivity contribution is -0.144. The fourth-order valence-corrected chi connectivity index (χ4v) is 13.6. The number of primary amides is 1. The van der Waals surface area contributed by atoms with Crippen molar-refractivity contribution in [2.24, 2.45) is 11.7 Å². The first-order valence-corrected chi connectivity index (χ1v) is 30.1. The van der Waals surface area contributed by atoms with Crippen LogP contribution in [-0.2, 0) is 50.3 Å². The van der Waals surface area contributed by atoms with E-state index in [1.807, 2.05) is 11.0 Å². The second-order valence-electron chi connectivity index (χ2n) is 21.2. The summed E-state index contributed by atoms with van der Waals surface area (Å²) in [6, 6.07) is 7.19. The number of carbonyl (C=O) groups is 9. The number of thiophene rings is 2. The number of imide groups is 1. The molecule has 0 aliphatic carbocycles. The first-order chi connectivity index (χ1) is 38.6. The topological polar surface area (TPSA) is 298 Å². The zero-order valence-electron chi connectivity index (χ0n) is 44.2. The third-order valence-corrected chi connectivity index (χ3v) is 18.8. The van der Waals surface area contributed by atoms with Crippen LogP contribution in [0.15, 0.2) is 60.0 Å². The van der Waals surface area contributed by atoms with Gasteiger partial charge in [-0.05, 0) is 130 Å². The zero-order chi connectivity index (χ0) is 57.9. The molecule has 9 amide bonds. The Hall–Kier alpha value is -6.94. The number of halogens is 2. The predicted molar refractivity (Wildman–Crippen MR) is 293 cm³/mol. The predicted octanol–water partition coefficient (Wildman–Crippen LogP) is 3.81. The Morgan fingerprint density at radius 2 is 1.73 bits per heavy atom. The molecule has 4 fully saturated rings. The number of fused-ring (bicyclic) bond motifs is 3. The van der Waals surface area contributed by atoms with Crippen LogP contribution < -0.4 is 27.0 Å². The highest BCUT2D eigenvalue weighted by Gasteiger charge is 2.51. The molecule has 0 bridgehead atoms. The minimum atomic E-state index is -5.86. The number of alkyl halides is 2. The van der Waals surface area contributed by atoms with Gasteiger partial charge in [-0.25, -0.2) is 0 Å². The number of carbonyl (C=O) groups excluding carboxylic acids is 9. The molecular weight excluding hydrogens is 1110 g/mol. The number of nitrogens with zero attached hydrogens (tertiary/aromatic N) is 4. The van der Waals surface area contributed by atoms with Gasteiger partial charge < -0.3 is 51.1 Å². The van der Waals surface area contributed by atoms with Gasteiger partial charge in [0.05, 0.1) is 4.88 Å². The molecule has 0 spiro atoms. The smallest absolute Gasteiger partial charge is 0.370 e. The number of amides is 9. The van der Waals surface area contributed by atoms with Crippen molar-refractivity contribution < 1.29 is 66.3 Å². The fraction of sp³-hybridized carbons (Fsp3) is 0.473. The lowest BCUT2D eigenvalue weighted by Crippen LogP contribution is -2.61. The summed E-state index contributed by atoms with van der Waals surface area (Å²) in [5, 5.41) is 12.6. The maximum Gasteiger partial charge on any atom is 0.399 e. The maximum absolute atomic E-state index is 14.6. The van der Waals surface area contributed by atoms with Crippen LogP contribution in [-0.4, -0.2) is 146 Å². The normalized spacial score (nSPS) is 21.7. The first kappa shape index (κ1) is 58.7. The summed E-state index contributed by atoms with van der Waals surface area (Å²) in [6.45, 7) is 1.63. The Balaban J connectivity index is 0.806. The minimum absolute atomic E-state index is 0.0337. The molecule has 6 atom stereocenters. The van der Waals surface area contributed by atoms with Gasteiger partial charge in [-0.15, -0.1) is 22.7 Å². The molecule has 4 saturated heterocycles. The van der Waals surface area contributed by atoms with Crippen molar-refractivity contribution in [3.05, 3.63) is 92.0 Å². The average molecular weight is 1170 g/mol. The first-order valence-electron chi connectivity index (χ1n) is 26.8. The van der Waals surface area contributed by atoms with Gasteiger partial charge in [0.2, 0.25) is 35.4 Å². The van der Waals surface area contributed by atoms with Crippen molar-refractivity contribution in [3.63, 3.8) is 0 Å². The standard InChI is InChI=1S/C55H62F2N9O12PS2/c1-63-23-22-35-13-15-41(66(35)53(74)39(30-63)60-51(72)44-28-33-27-34(12-17-42(33)81-44)55(56,57)79(76,77)78)50(71)59-38(14-18-45(58)67)48(69)62-47(43-11-6-26-80-43)54(75)64-24-20-31(21-25-64)7-3-2-4-8-32-9-5-10-36-37(32)29-65(52(36)73)40-16-19-46(68)61-49(40)70/h5-6,9-12,17,26-28,31,35,38-41,47H,2-3,7,13-16,18-25,29-30H2,1H3,(H2,58,67)(H,59,71)(H,60,72)(H,62,69)(H,61,68,70)(H2,76,77,78)/t35-,38?,39+,40?,41+,47?/m1/s1. The number of piperidine rings is 2. The van der Waals surface area contributed by atoms with Gasteiger partial charge in [0.25, 0.3) is 17.7 Å². The van der Waals surface area contributed by atoms with Crippen molar-refractivity contribution in [2.75, 3.05) is 33.2 Å². The van der Waals surface area contributed by atoms with Gasteiger partial charge in [-0.2, -0.15) is 8.78 Å². The number of rotatable bonds is 17. The van der Waals surface area contributed by atoms with Gasteiger partial charge in [-0.1, -0.05) is 30.0 Å². The molecule has 21 nitrogen and oxygen atoms in total. The molecule has 9 rings (SSSR count). The Morgan fingerprint density at radius 3 is 2.44 bits per heavy atom. The van der Waals surface area contributed by atoms with Gasteiger partial charge >= 0.3 is 13.3 Å². The second-order valence-corrected chi connectivity index (χ2v) is 24.9. The second kappa shape index (κ2) is 24.6. The lowest BCUT2D eigenvalue weighted by atomic mass is 9.91. The van der Waals surface area contributed by atoms with Crippen molar-refractivity contribution >= 4 is 93.5 Å². The molecule has 26 heteroatoms. The Kier molecular flexibility index (Phi) is 17.9. The summed E-state index contributed by atoms with van der Waals surface area (Å²) in [5.74, 6) is 1.88. The Morgan fingerprint density at radius 1 is 0.951 bits per heavy atom. The van der Waals surface area contributed by atoms with E-state index in [9.17, 15) is 66.3 Å². The highest BCUT2D eigenvalue weighted by molar-refractivity contribution is 7.52. The number of nitrogens with two attached hydrogens (primary N) is 1. The molecule has 0 radical (unpaired) electrons. The Bertz CT molecular complexity index is 3260. The van der Waals surface area contributed by atoms with Gasteiger partial charge in [0.1, 0.15) is 30.2 Å². The highest BCUT2D eigenvalue weighted by Crippen LogP contribution is 2.59. The number of unbranched alkanes of at least 4 members (excludes halogenated alkanes) is 1. The summed E-state index contributed by atoms with van der Waals surface area (Å²) in [6.07, 6.45) is 4.73. The quantitative estimate of drug-likeness (QED) is 0.0343. The average Bonchev–Trinajstić information content (AvgIpc) is 4.45. The molecule has 2 aromatic carbocycles. The van der Waals surface area contributed by atoms with E-state index in [2.05, 4.69) is 33.1 Å². The van der Waals surface area contributed by atoms with Crippen LogP contribution in [0.5, 0.6) is 0 Å². The number of likely N-dealkylation sites (N-methyl/N-ethyl adjacent to an activating group) is 1. The van der Waals surface area contributed by atoms with Crippen molar-refractivity contribution in [2.45, 2.75) is 126 Å². The van der Waals surface area contributed by atoms with Crippen molar-refractivity contribution in [1.29, 1.82) is 0 Å². The van der Waals surface area contributed by atoms with Crippen LogP contribution in [0.25, 0.3) is 10.1 Å². The molecule has 430 valence electrons. The molecule has 5 aliphatic heterocycles. The van der Waals surface area contributed by atoms with Gasteiger partial charge in [-0.3, -0.25) is 53.0 Å². The fourth-order valence-electron chi connectivity index (χ4n) is 11.4. The van der Waals surface area contributed by atoms with Gasteiger partial charge in [0.15, 0.2) is 0 Å². The van der Waals surface area contributed by atoms with Crippen molar-refractivity contribution in [3.8, 4) is 11.8 Å².